The number of nitrogens with one attached hydrogen (secondary N) is 1. The van der Waals surface area contributed by atoms with Crippen LogP contribution in [-0.2, 0) is 11.2 Å². The molecule has 1 amide bonds. The van der Waals surface area contributed by atoms with Crippen molar-refractivity contribution in [2.75, 3.05) is 6.54 Å². The Morgan fingerprint density at radius 1 is 1.39 bits per heavy atom. The SMILES string of the molecule is Cc1nonc1CC(=O)N1CCC[C@@H]1c1nc2ccccc2[nH]1. The van der Waals surface area contributed by atoms with Gasteiger partial charge in [0.25, 0.3) is 0 Å². The number of aromatic nitrogens is 4. The summed E-state index contributed by atoms with van der Waals surface area (Å²) in [6, 6.07) is 7.90. The molecule has 118 valence electrons. The van der Waals surface area contributed by atoms with Gasteiger partial charge in [-0.2, -0.15) is 0 Å². The minimum absolute atomic E-state index is 0.00457. The number of likely N-dealkylation sites (tertiary alicyclic amines) is 1. The minimum atomic E-state index is -0.00457. The summed E-state index contributed by atoms with van der Waals surface area (Å²) in [6.07, 6.45) is 2.11. The highest BCUT2D eigenvalue weighted by molar-refractivity contribution is 5.79. The van der Waals surface area contributed by atoms with Crippen molar-refractivity contribution in [3.05, 3.63) is 41.5 Å². The summed E-state index contributed by atoms with van der Waals surface area (Å²) >= 11 is 0. The van der Waals surface area contributed by atoms with Crippen LogP contribution in [0.2, 0.25) is 0 Å². The first kappa shape index (κ1) is 13.9. The third-order valence-corrected chi connectivity index (χ3v) is 4.36. The number of amides is 1. The van der Waals surface area contributed by atoms with Gasteiger partial charge in [0.1, 0.15) is 17.2 Å². The number of hydrogen-bond donors (Lipinski definition) is 1. The number of benzene rings is 1. The summed E-state index contributed by atoms with van der Waals surface area (Å²) in [5.74, 6) is 0.888. The lowest BCUT2D eigenvalue weighted by atomic mass is 10.2. The lowest BCUT2D eigenvalue weighted by molar-refractivity contribution is -0.131. The fourth-order valence-corrected chi connectivity index (χ4v) is 3.13. The first-order valence-electron chi connectivity index (χ1n) is 7.74. The number of para-hydroxylation sites is 2. The molecule has 0 spiro atoms. The lowest BCUT2D eigenvalue weighted by Gasteiger charge is -2.22. The third-order valence-electron chi connectivity index (χ3n) is 4.36. The molecule has 1 aliphatic rings. The molecule has 0 radical (unpaired) electrons. The van der Waals surface area contributed by atoms with E-state index in [-0.39, 0.29) is 18.4 Å². The van der Waals surface area contributed by atoms with E-state index < -0.39 is 0 Å². The molecule has 1 saturated heterocycles. The van der Waals surface area contributed by atoms with Crippen molar-refractivity contribution in [2.45, 2.75) is 32.2 Å². The standard InChI is InChI=1S/C16H17N5O2/c1-10-13(20-23-19-10)9-15(22)21-8-4-7-14(21)16-17-11-5-2-3-6-12(11)18-16/h2-3,5-6,14H,4,7-9H2,1H3,(H,17,18)/t14-/m1/s1. The second-order valence-electron chi connectivity index (χ2n) is 5.86. The summed E-state index contributed by atoms with van der Waals surface area (Å²) in [4.78, 5) is 22.5. The fraction of sp³-hybridized carbons (Fsp3) is 0.375. The Labute approximate surface area is 132 Å². The Kier molecular flexibility index (Phi) is 3.33. The molecule has 23 heavy (non-hydrogen) atoms. The average molecular weight is 311 g/mol. The Morgan fingerprint density at radius 2 is 2.26 bits per heavy atom. The topological polar surface area (TPSA) is 87.9 Å². The van der Waals surface area contributed by atoms with Crippen LogP contribution >= 0.6 is 0 Å². The molecule has 0 aliphatic carbocycles. The first-order chi connectivity index (χ1) is 11.2. The maximum Gasteiger partial charge on any atom is 0.229 e. The zero-order valence-corrected chi connectivity index (χ0v) is 12.8. The van der Waals surface area contributed by atoms with Crippen LogP contribution in [0.1, 0.15) is 36.1 Å². The van der Waals surface area contributed by atoms with Crippen molar-refractivity contribution in [1.82, 2.24) is 25.2 Å². The molecule has 0 saturated carbocycles. The van der Waals surface area contributed by atoms with E-state index in [2.05, 4.69) is 24.9 Å². The second-order valence-corrected chi connectivity index (χ2v) is 5.86. The van der Waals surface area contributed by atoms with Gasteiger partial charge in [0.2, 0.25) is 5.91 Å². The molecular weight excluding hydrogens is 294 g/mol. The van der Waals surface area contributed by atoms with Gasteiger partial charge in [-0.05, 0) is 31.9 Å². The average Bonchev–Trinajstić information content (AvgIpc) is 3.26. The smallest absolute Gasteiger partial charge is 0.229 e. The number of aromatic amines is 1. The molecule has 1 aromatic carbocycles. The molecule has 1 fully saturated rings. The number of rotatable bonds is 3. The zero-order chi connectivity index (χ0) is 15.8. The number of hydrogen-bond acceptors (Lipinski definition) is 5. The van der Waals surface area contributed by atoms with Crippen molar-refractivity contribution in [3.8, 4) is 0 Å². The van der Waals surface area contributed by atoms with Crippen molar-refractivity contribution in [3.63, 3.8) is 0 Å². The van der Waals surface area contributed by atoms with Gasteiger partial charge in [0, 0.05) is 6.54 Å². The van der Waals surface area contributed by atoms with Crippen LogP contribution in [0, 0.1) is 6.92 Å². The number of fused-ring (bicyclic) bond motifs is 1. The van der Waals surface area contributed by atoms with Crippen molar-refractivity contribution in [2.24, 2.45) is 0 Å². The zero-order valence-electron chi connectivity index (χ0n) is 12.8. The largest absolute Gasteiger partial charge is 0.340 e. The number of carbonyl (C=O) groups excluding carboxylic acids is 1. The predicted molar refractivity (Wildman–Crippen MR) is 82.5 cm³/mol. The van der Waals surface area contributed by atoms with E-state index in [1.165, 1.54) is 0 Å². The molecule has 2 aromatic heterocycles. The Morgan fingerprint density at radius 3 is 3.04 bits per heavy atom. The fourth-order valence-electron chi connectivity index (χ4n) is 3.13. The van der Waals surface area contributed by atoms with Gasteiger partial charge >= 0.3 is 0 Å². The van der Waals surface area contributed by atoms with Crippen LogP contribution in [0.5, 0.6) is 0 Å². The van der Waals surface area contributed by atoms with Crippen LogP contribution in [0.3, 0.4) is 0 Å². The monoisotopic (exact) mass is 311 g/mol. The van der Waals surface area contributed by atoms with Gasteiger partial charge in [-0.15, -0.1) is 0 Å². The van der Waals surface area contributed by atoms with Crippen molar-refractivity contribution in [1.29, 1.82) is 0 Å². The lowest BCUT2D eigenvalue weighted by Crippen LogP contribution is -2.32. The van der Waals surface area contributed by atoms with Crippen molar-refractivity contribution >= 4 is 16.9 Å². The van der Waals surface area contributed by atoms with Crippen LogP contribution in [0.15, 0.2) is 28.9 Å². The number of H-pyrrole nitrogens is 1. The summed E-state index contributed by atoms with van der Waals surface area (Å²) < 4.78 is 4.67. The highest BCUT2D eigenvalue weighted by atomic mass is 16.6. The second kappa shape index (κ2) is 5.49. The van der Waals surface area contributed by atoms with E-state index >= 15 is 0 Å². The van der Waals surface area contributed by atoms with Crippen LogP contribution in [0.4, 0.5) is 0 Å². The Hall–Kier alpha value is -2.70. The maximum absolute atomic E-state index is 12.6. The third kappa shape index (κ3) is 2.48. The van der Waals surface area contributed by atoms with E-state index in [1.54, 1.807) is 6.92 Å². The molecule has 0 unspecified atom stereocenters. The van der Waals surface area contributed by atoms with E-state index in [9.17, 15) is 4.79 Å². The Bertz CT molecular complexity index is 820. The highest BCUT2D eigenvalue weighted by Gasteiger charge is 2.32. The molecule has 0 bridgehead atoms. The van der Waals surface area contributed by atoms with E-state index in [1.807, 2.05) is 29.2 Å². The van der Waals surface area contributed by atoms with Crippen LogP contribution in [-0.4, -0.2) is 37.6 Å². The molecule has 3 aromatic rings. The number of carbonyl (C=O) groups is 1. The van der Waals surface area contributed by atoms with Crippen LogP contribution in [0.25, 0.3) is 11.0 Å². The van der Waals surface area contributed by atoms with Crippen LogP contribution < -0.4 is 0 Å². The van der Waals surface area contributed by atoms with E-state index in [0.29, 0.717) is 11.4 Å². The summed E-state index contributed by atoms with van der Waals surface area (Å²) in [7, 11) is 0. The summed E-state index contributed by atoms with van der Waals surface area (Å²) in [6.45, 7) is 2.53. The molecule has 4 rings (SSSR count). The minimum Gasteiger partial charge on any atom is -0.340 e. The molecule has 1 N–H and O–H groups in total. The molecule has 1 atom stereocenters. The maximum atomic E-state index is 12.6. The first-order valence-corrected chi connectivity index (χ1v) is 7.74. The van der Waals surface area contributed by atoms with Gasteiger partial charge in [-0.25, -0.2) is 9.61 Å². The number of nitrogens with zero attached hydrogens (tertiary/aromatic N) is 4. The Balaban J connectivity index is 1.58. The summed E-state index contributed by atoms with van der Waals surface area (Å²) in [5.41, 5.74) is 3.19. The van der Waals surface area contributed by atoms with Crippen molar-refractivity contribution < 1.29 is 9.42 Å². The molecule has 3 heterocycles. The number of aryl methyl sites for hydroxylation is 1. The molecule has 7 nitrogen and oxygen atoms in total. The van der Waals surface area contributed by atoms with Gasteiger partial charge in [-0.3, -0.25) is 4.79 Å². The quantitative estimate of drug-likeness (QED) is 0.801. The molecular formula is C16H17N5O2. The van der Waals surface area contributed by atoms with Gasteiger partial charge in [-0.1, -0.05) is 22.4 Å². The van der Waals surface area contributed by atoms with E-state index in [0.717, 1.165) is 36.2 Å². The van der Waals surface area contributed by atoms with Gasteiger partial charge in [0.15, 0.2) is 0 Å². The normalized spacial score (nSPS) is 18.0. The summed E-state index contributed by atoms with van der Waals surface area (Å²) in [5, 5.41) is 7.53. The number of imidazole rings is 1. The van der Waals surface area contributed by atoms with Gasteiger partial charge in [0.05, 0.1) is 23.5 Å². The van der Waals surface area contributed by atoms with Gasteiger partial charge < -0.3 is 9.88 Å². The molecule has 7 heteroatoms. The van der Waals surface area contributed by atoms with E-state index in [4.69, 9.17) is 0 Å². The highest BCUT2D eigenvalue weighted by Crippen LogP contribution is 2.31. The predicted octanol–water partition coefficient (Wildman–Crippen LogP) is 2.16. The molecule has 1 aliphatic heterocycles.